The average molecular weight is 383 g/mol. The van der Waals surface area contributed by atoms with E-state index in [0.29, 0.717) is 30.6 Å². The normalized spacial score (nSPS) is 29.0. The lowest BCUT2D eigenvalue weighted by molar-refractivity contribution is -0.262. The minimum atomic E-state index is -4.81. The van der Waals surface area contributed by atoms with Crippen LogP contribution in [0, 0.1) is 0 Å². The summed E-state index contributed by atoms with van der Waals surface area (Å²) in [6, 6.07) is 1.88. The molecule has 3 aliphatic heterocycles. The number of rotatable bonds is 2. The van der Waals surface area contributed by atoms with Crippen molar-refractivity contribution in [3.63, 3.8) is 0 Å². The van der Waals surface area contributed by atoms with Crippen LogP contribution in [0.15, 0.2) is 12.3 Å². The second-order valence-electron chi connectivity index (χ2n) is 7.82. The number of hydrogen-bond donors (Lipinski definition) is 1. The average Bonchev–Trinajstić information content (AvgIpc) is 3.34. The number of nitrogens with zero attached hydrogens (tertiary/aromatic N) is 5. The van der Waals surface area contributed by atoms with E-state index in [0.717, 1.165) is 25.7 Å². The minimum absolute atomic E-state index is 0.228. The van der Waals surface area contributed by atoms with Crippen molar-refractivity contribution in [1.29, 1.82) is 0 Å². The van der Waals surface area contributed by atoms with Crippen LogP contribution in [-0.4, -0.2) is 55.9 Å². The molecule has 0 aromatic carbocycles. The van der Waals surface area contributed by atoms with Crippen LogP contribution < -0.4 is 4.90 Å². The molecule has 0 spiro atoms. The number of fused-ring (bicyclic) bond motifs is 5. The Bertz CT molecular complexity index is 903. The molecule has 10 heteroatoms. The summed E-state index contributed by atoms with van der Waals surface area (Å²) in [5.74, 6) is 0.423. The molecule has 2 fully saturated rings. The lowest BCUT2D eigenvalue weighted by atomic mass is 10.0. The van der Waals surface area contributed by atoms with Crippen LogP contribution in [0.2, 0.25) is 0 Å². The van der Waals surface area contributed by atoms with E-state index < -0.39 is 11.8 Å². The van der Waals surface area contributed by atoms with Crippen LogP contribution in [0.25, 0.3) is 11.4 Å². The Morgan fingerprint density at radius 3 is 2.67 bits per heavy atom. The van der Waals surface area contributed by atoms with Gasteiger partial charge in [0.15, 0.2) is 11.6 Å². The van der Waals surface area contributed by atoms with E-state index >= 15 is 0 Å². The molecular formula is C17H20F3N5O2. The quantitative estimate of drug-likeness (QED) is 0.860. The predicted molar refractivity (Wildman–Crippen MR) is 89.3 cm³/mol. The molecule has 2 bridgehead atoms. The van der Waals surface area contributed by atoms with Crippen LogP contribution in [0.1, 0.15) is 32.1 Å². The summed E-state index contributed by atoms with van der Waals surface area (Å²) < 4.78 is 49.0. The molecule has 0 unspecified atom stereocenters. The topological polar surface area (TPSA) is 68.3 Å². The Hall–Kier alpha value is -2.07. The summed E-state index contributed by atoms with van der Waals surface area (Å²) in [7, 11) is 0. The van der Waals surface area contributed by atoms with Gasteiger partial charge in [0, 0.05) is 12.6 Å². The molecule has 3 aliphatic rings. The molecule has 2 saturated heterocycles. The number of anilines is 1. The highest BCUT2D eigenvalue weighted by atomic mass is 19.4. The number of alkyl halides is 3. The van der Waals surface area contributed by atoms with Gasteiger partial charge in [0.05, 0.1) is 48.9 Å². The van der Waals surface area contributed by atoms with E-state index in [1.54, 1.807) is 6.92 Å². The maximum Gasteiger partial charge on any atom is 0.424 e. The van der Waals surface area contributed by atoms with Crippen LogP contribution in [0.4, 0.5) is 19.0 Å². The van der Waals surface area contributed by atoms with Crippen LogP contribution in [-0.2, 0) is 16.9 Å². The second kappa shape index (κ2) is 5.26. The second-order valence-corrected chi connectivity index (χ2v) is 7.82. The van der Waals surface area contributed by atoms with Gasteiger partial charge in [0.1, 0.15) is 0 Å². The van der Waals surface area contributed by atoms with E-state index in [9.17, 15) is 18.3 Å². The first-order valence-corrected chi connectivity index (χ1v) is 9.00. The first kappa shape index (κ1) is 17.1. The third kappa shape index (κ3) is 2.29. The number of aromatic nitrogens is 4. The molecule has 27 heavy (non-hydrogen) atoms. The molecule has 0 saturated carbocycles. The Morgan fingerprint density at radius 2 is 2.04 bits per heavy atom. The van der Waals surface area contributed by atoms with Gasteiger partial charge in [0.25, 0.3) is 0 Å². The van der Waals surface area contributed by atoms with E-state index in [-0.39, 0.29) is 18.0 Å². The van der Waals surface area contributed by atoms with E-state index in [2.05, 4.69) is 15.0 Å². The van der Waals surface area contributed by atoms with Crippen LogP contribution in [0.5, 0.6) is 0 Å². The lowest BCUT2D eigenvalue weighted by Crippen LogP contribution is -2.42. The fraction of sp³-hybridized carbons (Fsp3) is 0.647. The van der Waals surface area contributed by atoms with E-state index in [4.69, 9.17) is 4.74 Å². The molecule has 1 N–H and O–H groups in total. The Morgan fingerprint density at radius 1 is 1.26 bits per heavy atom. The standard InChI is InChI=1S/C17H20F3N5O2/c1-9-6-24-12(4-14(22-24)23-7-11-3-10(23)8-27-11)13-5-21-15(25(9)13)16(2,26)17(18,19)20/h4-5,9-11,26H,3,6-8H2,1-2H3/t9-,10-,11-,16+/m0/s1. The number of halogens is 3. The van der Waals surface area contributed by atoms with Crippen molar-refractivity contribution in [3.05, 3.63) is 18.1 Å². The van der Waals surface area contributed by atoms with E-state index in [1.165, 1.54) is 10.8 Å². The molecule has 146 valence electrons. The molecular weight excluding hydrogens is 363 g/mol. The molecule has 4 atom stereocenters. The maximum absolute atomic E-state index is 13.3. The number of morpholine rings is 1. The van der Waals surface area contributed by atoms with Crippen molar-refractivity contribution in [1.82, 2.24) is 19.3 Å². The first-order chi connectivity index (χ1) is 12.7. The summed E-state index contributed by atoms with van der Waals surface area (Å²) >= 11 is 0. The zero-order valence-corrected chi connectivity index (χ0v) is 14.9. The van der Waals surface area contributed by atoms with Gasteiger partial charge in [-0.15, -0.1) is 0 Å². The minimum Gasteiger partial charge on any atom is -0.374 e. The Kier molecular flexibility index (Phi) is 3.32. The fourth-order valence-corrected chi connectivity index (χ4v) is 4.38. The maximum atomic E-state index is 13.3. The number of imidazole rings is 1. The predicted octanol–water partition coefficient (Wildman–Crippen LogP) is 2.07. The van der Waals surface area contributed by atoms with Gasteiger partial charge < -0.3 is 19.3 Å². The summed E-state index contributed by atoms with van der Waals surface area (Å²) in [5.41, 5.74) is -1.77. The SMILES string of the molecule is C[C@H]1Cn2nc(N3C[C@@H]4C[C@H]3CO4)cc2-c2cnc([C@@](C)(O)C(F)(F)F)n21. The van der Waals surface area contributed by atoms with Crippen LogP contribution in [0.3, 0.4) is 0 Å². The summed E-state index contributed by atoms with van der Waals surface area (Å²) in [6.45, 7) is 4.42. The Balaban J connectivity index is 1.57. The molecule has 0 amide bonds. The molecule has 5 heterocycles. The summed E-state index contributed by atoms with van der Waals surface area (Å²) in [4.78, 5) is 6.15. The summed E-state index contributed by atoms with van der Waals surface area (Å²) in [6.07, 6.45) is -2.21. The summed E-state index contributed by atoms with van der Waals surface area (Å²) in [5, 5.41) is 14.8. The number of hydrogen-bond acceptors (Lipinski definition) is 5. The largest absolute Gasteiger partial charge is 0.424 e. The highest BCUT2D eigenvalue weighted by Crippen LogP contribution is 2.43. The fourth-order valence-electron chi connectivity index (χ4n) is 4.38. The number of ether oxygens (including phenoxy) is 1. The monoisotopic (exact) mass is 383 g/mol. The molecule has 2 aromatic heterocycles. The molecule has 2 aromatic rings. The molecule has 0 radical (unpaired) electrons. The van der Waals surface area contributed by atoms with Gasteiger partial charge in [0.2, 0.25) is 5.60 Å². The third-order valence-electron chi connectivity index (χ3n) is 5.89. The zero-order chi connectivity index (χ0) is 19.1. The Labute approximate surface area is 153 Å². The van der Waals surface area contributed by atoms with Crippen molar-refractivity contribution in [2.75, 3.05) is 18.1 Å². The van der Waals surface area contributed by atoms with Gasteiger partial charge in [-0.3, -0.25) is 4.68 Å². The van der Waals surface area contributed by atoms with E-state index in [1.807, 2.05) is 10.7 Å². The van der Waals surface area contributed by atoms with Crippen molar-refractivity contribution >= 4 is 5.82 Å². The van der Waals surface area contributed by atoms with Gasteiger partial charge in [-0.05, 0) is 20.3 Å². The zero-order valence-electron chi connectivity index (χ0n) is 14.9. The lowest BCUT2D eigenvalue weighted by Gasteiger charge is -2.31. The first-order valence-electron chi connectivity index (χ1n) is 9.00. The van der Waals surface area contributed by atoms with Crippen molar-refractivity contribution in [2.24, 2.45) is 0 Å². The highest BCUT2D eigenvalue weighted by Gasteiger charge is 2.55. The third-order valence-corrected chi connectivity index (χ3v) is 5.89. The van der Waals surface area contributed by atoms with Crippen LogP contribution >= 0.6 is 0 Å². The molecule has 5 rings (SSSR count). The smallest absolute Gasteiger partial charge is 0.374 e. The van der Waals surface area contributed by atoms with Crippen molar-refractivity contribution in [3.8, 4) is 11.4 Å². The molecule has 7 nitrogen and oxygen atoms in total. The van der Waals surface area contributed by atoms with Gasteiger partial charge in [-0.25, -0.2) is 4.98 Å². The van der Waals surface area contributed by atoms with Crippen molar-refractivity contribution < 1.29 is 23.0 Å². The number of aliphatic hydroxyl groups is 1. The molecule has 0 aliphatic carbocycles. The highest BCUT2D eigenvalue weighted by molar-refractivity contribution is 5.63. The van der Waals surface area contributed by atoms with Crippen molar-refractivity contribution in [2.45, 2.75) is 56.8 Å². The van der Waals surface area contributed by atoms with Gasteiger partial charge >= 0.3 is 6.18 Å². The van der Waals surface area contributed by atoms with Gasteiger partial charge in [-0.2, -0.15) is 18.3 Å². The van der Waals surface area contributed by atoms with Gasteiger partial charge in [-0.1, -0.05) is 0 Å².